The Balaban J connectivity index is 1.32. The van der Waals surface area contributed by atoms with Crippen LogP contribution >= 0.6 is 0 Å². The van der Waals surface area contributed by atoms with Crippen molar-refractivity contribution in [3.05, 3.63) is 59.9 Å². The lowest BCUT2D eigenvalue weighted by atomic mass is 10.1. The fourth-order valence-corrected chi connectivity index (χ4v) is 4.46. The number of rotatable bonds is 6. The highest BCUT2D eigenvalue weighted by atomic mass is 19.4. The molecule has 2 aromatic rings. The van der Waals surface area contributed by atoms with Crippen LogP contribution in [0.1, 0.15) is 12.0 Å². The molecule has 0 radical (unpaired) electrons. The Morgan fingerprint density at radius 2 is 1.70 bits per heavy atom. The Morgan fingerprint density at radius 3 is 2.38 bits per heavy atom. The summed E-state index contributed by atoms with van der Waals surface area (Å²) in [5.74, 6) is -1.66. The van der Waals surface area contributed by atoms with Gasteiger partial charge in [-0.25, -0.2) is 4.39 Å². The van der Waals surface area contributed by atoms with Gasteiger partial charge in [0, 0.05) is 50.6 Å². The zero-order chi connectivity index (χ0) is 26.6. The third-order valence-corrected chi connectivity index (χ3v) is 6.43. The number of benzene rings is 2. The number of anilines is 2. The van der Waals surface area contributed by atoms with Crippen molar-refractivity contribution in [2.45, 2.75) is 18.6 Å². The Kier molecular flexibility index (Phi) is 7.96. The highest BCUT2D eigenvalue weighted by Gasteiger charge is 2.36. The first-order chi connectivity index (χ1) is 17.6. The molecule has 0 aliphatic carbocycles. The van der Waals surface area contributed by atoms with Crippen molar-refractivity contribution in [1.82, 2.24) is 15.1 Å². The Hall–Kier alpha value is -3.67. The molecule has 0 saturated carbocycles. The molecule has 2 N–H and O–H groups in total. The maximum absolute atomic E-state index is 13.1. The van der Waals surface area contributed by atoms with Gasteiger partial charge in [-0.15, -0.1) is 0 Å². The number of piperazine rings is 2. The number of halogens is 4. The van der Waals surface area contributed by atoms with Gasteiger partial charge in [-0.05, 0) is 42.5 Å². The summed E-state index contributed by atoms with van der Waals surface area (Å²) in [7, 11) is 0. The summed E-state index contributed by atoms with van der Waals surface area (Å²) in [4.78, 5) is 43.2. The van der Waals surface area contributed by atoms with E-state index in [9.17, 15) is 31.9 Å². The zero-order valence-electron chi connectivity index (χ0n) is 19.9. The fraction of sp³-hybridized carbons (Fsp3) is 0.400. The SMILES string of the molecule is O=C(C[C@H]1C(=O)NCCN1C(=O)CN1CCN(c2cccc(C(F)(F)F)c2)CC1)Nc1ccc(F)cc1. The minimum Gasteiger partial charge on any atom is -0.369 e. The van der Waals surface area contributed by atoms with E-state index in [0.717, 1.165) is 12.1 Å². The lowest BCUT2D eigenvalue weighted by Gasteiger charge is -2.39. The van der Waals surface area contributed by atoms with Crippen molar-refractivity contribution >= 4 is 29.1 Å². The number of nitrogens with one attached hydrogen (secondary N) is 2. The Bertz CT molecular complexity index is 1130. The second kappa shape index (κ2) is 11.2. The van der Waals surface area contributed by atoms with Crippen LogP contribution in [0.4, 0.5) is 28.9 Å². The number of alkyl halides is 3. The average molecular weight is 522 g/mol. The number of carbonyl (C=O) groups is 3. The predicted molar refractivity (Wildman–Crippen MR) is 128 cm³/mol. The van der Waals surface area contributed by atoms with Gasteiger partial charge in [-0.3, -0.25) is 19.3 Å². The first-order valence-corrected chi connectivity index (χ1v) is 11.9. The number of hydrogen-bond acceptors (Lipinski definition) is 5. The molecule has 2 fully saturated rings. The minimum atomic E-state index is -4.42. The van der Waals surface area contributed by atoms with E-state index < -0.39 is 35.4 Å². The molecule has 3 amide bonds. The summed E-state index contributed by atoms with van der Waals surface area (Å²) in [6.45, 7) is 2.35. The largest absolute Gasteiger partial charge is 0.416 e. The average Bonchev–Trinajstić information content (AvgIpc) is 2.86. The summed E-state index contributed by atoms with van der Waals surface area (Å²) < 4.78 is 52.2. The van der Waals surface area contributed by atoms with Crippen molar-refractivity contribution < 1.29 is 31.9 Å². The summed E-state index contributed by atoms with van der Waals surface area (Å²) in [6.07, 6.45) is -4.67. The molecule has 4 rings (SSSR count). The molecule has 1 atom stereocenters. The molecule has 2 aromatic carbocycles. The normalized spacial score (nSPS) is 18.9. The quantitative estimate of drug-likeness (QED) is 0.571. The van der Waals surface area contributed by atoms with Crippen molar-refractivity contribution in [3.63, 3.8) is 0 Å². The van der Waals surface area contributed by atoms with Gasteiger partial charge in [0.25, 0.3) is 0 Å². The van der Waals surface area contributed by atoms with Crippen LogP contribution in [0.5, 0.6) is 0 Å². The van der Waals surface area contributed by atoms with Gasteiger partial charge in [-0.2, -0.15) is 13.2 Å². The van der Waals surface area contributed by atoms with Crippen molar-refractivity contribution in [2.24, 2.45) is 0 Å². The third-order valence-electron chi connectivity index (χ3n) is 6.43. The molecular weight excluding hydrogens is 494 g/mol. The third kappa shape index (κ3) is 6.76. The smallest absolute Gasteiger partial charge is 0.369 e. The molecule has 198 valence electrons. The summed E-state index contributed by atoms with van der Waals surface area (Å²) in [5.41, 5.74) is 0.139. The molecule has 0 spiro atoms. The van der Waals surface area contributed by atoms with E-state index in [1.54, 1.807) is 6.07 Å². The number of hydrogen-bond donors (Lipinski definition) is 2. The van der Waals surface area contributed by atoms with Crippen molar-refractivity contribution in [1.29, 1.82) is 0 Å². The summed E-state index contributed by atoms with van der Waals surface area (Å²) in [5, 5.41) is 5.28. The molecule has 8 nitrogen and oxygen atoms in total. The number of carbonyl (C=O) groups excluding carboxylic acids is 3. The minimum absolute atomic E-state index is 0.0276. The maximum Gasteiger partial charge on any atom is 0.416 e. The standard InChI is InChI=1S/C25H27F4N5O3/c26-18-4-6-19(7-5-18)31-22(35)15-21-24(37)30-8-9-34(21)23(36)16-32-10-12-33(13-11-32)20-3-1-2-17(14-20)25(27,28)29/h1-7,14,21H,8-13,15-16H2,(H,30,37)(H,31,35)/t21-/m0/s1. The van der Waals surface area contributed by atoms with Gasteiger partial charge >= 0.3 is 6.18 Å². The lowest BCUT2D eigenvalue weighted by molar-refractivity contribution is -0.145. The van der Waals surface area contributed by atoms with E-state index in [1.165, 1.54) is 35.2 Å². The van der Waals surface area contributed by atoms with Gasteiger partial charge in [0.2, 0.25) is 17.7 Å². The molecule has 0 aromatic heterocycles. The molecule has 2 heterocycles. The van der Waals surface area contributed by atoms with Crippen LogP contribution in [-0.4, -0.2) is 79.4 Å². The van der Waals surface area contributed by atoms with Gasteiger partial charge in [-0.1, -0.05) is 6.07 Å². The van der Waals surface area contributed by atoms with Gasteiger partial charge in [0.05, 0.1) is 18.5 Å². The molecule has 2 saturated heterocycles. The van der Waals surface area contributed by atoms with Gasteiger partial charge in [0.1, 0.15) is 11.9 Å². The molecule has 2 aliphatic heterocycles. The zero-order valence-corrected chi connectivity index (χ0v) is 19.9. The van der Waals surface area contributed by atoms with E-state index in [2.05, 4.69) is 10.6 Å². The summed E-state index contributed by atoms with van der Waals surface area (Å²) >= 11 is 0. The molecule has 2 aliphatic rings. The number of amides is 3. The van der Waals surface area contributed by atoms with E-state index in [0.29, 0.717) is 37.6 Å². The number of nitrogens with zero attached hydrogens (tertiary/aromatic N) is 3. The summed E-state index contributed by atoms with van der Waals surface area (Å²) in [6, 6.07) is 9.38. The lowest BCUT2D eigenvalue weighted by Crippen LogP contribution is -2.60. The van der Waals surface area contributed by atoms with Crippen LogP contribution in [0.2, 0.25) is 0 Å². The van der Waals surface area contributed by atoms with Crippen molar-refractivity contribution in [3.8, 4) is 0 Å². The van der Waals surface area contributed by atoms with Gasteiger partial charge < -0.3 is 20.4 Å². The first kappa shape index (κ1) is 26.4. The van der Waals surface area contributed by atoms with Crippen LogP contribution < -0.4 is 15.5 Å². The Morgan fingerprint density at radius 1 is 1.00 bits per heavy atom. The van der Waals surface area contributed by atoms with Crippen LogP contribution in [0.25, 0.3) is 0 Å². The topological polar surface area (TPSA) is 85.0 Å². The second-order valence-corrected chi connectivity index (χ2v) is 8.96. The Labute approximate surface area is 211 Å². The second-order valence-electron chi connectivity index (χ2n) is 8.96. The van der Waals surface area contributed by atoms with E-state index in [4.69, 9.17) is 0 Å². The monoisotopic (exact) mass is 521 g/mol. The molecule has 12 heteroatoms. The highest BCUT2D eigenvalue weighted by Crippen LogP contribution is 2.32. The molecule has 0 bridgehead atoms. The van der Waals surface area contributed by atoms with Crippen LogP contribution in [0, 0.1) is 5.82 Å². The maximum atomic E-state index is 13.1. The first-order valence-electron chi connectivity index (χ1n) is 11.9. The highest BCUT2D eigenvalue weighted by molar-refractivity contribution is 5.97. The predicted octanol–water partition coefficient (Wildman–Crippen LogP) is 2.32. The molecule has 37 heavy (non-hydrogen) atoms. The van der Waals surface area contributed by atoms with E-state index in [-0.39, 0.29) is 32.0 Å². The van der Waals surface area contributed by atoms with E-state index in [1.807, 2.05) is 9.80 Å². The molecule has 0 unspecified atom stereocenters. The molecular formula is C25H27F4N5O3. The van der Waals surface area contributed by atoms with Crippen LogP contribution in [-0.2, 0) is 20.6 Å². The van der Waals surface area contributed by atoms with Crippen LogP contribution in [0.3, 0.4) is 0 Å². The van der Waals surface area contributed by atoms with Crippen molar-refractivity contribution in [2.75, 3.05) is 56.0 Å². The van der Waals surface area contributed by atoms with Crippen LogP contribution in [0.15, 0.2) is 48.5 Å². The van der Waals surface area contributed by atoms with Gasteiger partial charge in [0.15, 0.2) is 0 Å². The van der Waals surface area contributed by atoms with E-state index >= 15 is 0 Å². The fourth-order valence-electron chi connectivity index (χ4n) is 4.46.